The topological polar surface area (TPSA) is 87.2 Å². The Labute approximate surface area is 123 Å². The van der Waals surface area contributed by atoms with E-state index in [1.807, 2.05) is 0 Å². The first kappa shape index (κ1) is 15.6. The number of urea groups is 1. The minimum atomic E-state index is -0.874. The van der Waals surface area contributed by atoms with Gasteiger partial charge >= 0.3 is 18.0 Å². The Kier molecular flexibility index (Phi) is 4.69. The number of aliphatic carboxylic acids is 1. The lowest BCUT2D eigenvalue weighted by atomic mass is 10.0. The maximum atomic E-state index is 12.6. The largest absolute Gasteiger partial charge is 0.481 e. The third-order valence-electron chi connectivity index (χ3n) is 4.16. The van der Waals surface area contributed by atoms with E-state index in [0.717, 1.165) is 12.8 Å². The quantitative estimate of drug-likeness (QED) is 0.763. The van der Waals surface area contributed by atoms with Crippen LogP contribution in [0.15, 0.2) is 0 Å². The van der Waals surface area contributed by atoms with Crippen molar-refractivity contribution in [1.29, 1.82) is 0 Å². The molecule has 2 rings (SSSR count). The molecule has 1 N–H and O–H groups in total. The van der Waals surface area contributed by atoms with Crippen LogP contribution in [0.5, 0.6) is 0 Å². The fraction of sp³-hybridized carbons (Fsp3) is 0.786. The number of nitrogens with zero attached hydrogens (tertiary/aromatic N) is 2. The van der Waals surface area contributed by atoms with Gasteiger partial charge in [-0.15, -0.1) is 0 Å². The van der Waals surface area contributed by atoms with Crippen molar-refractivity contribution in [2.75, 3.05) is 19.7 Å². The number of ether oxygens (including phenoxy) is 1. The molecule has 2 atom stereocenters. The Balaban J connectivity index is 2.02. The van der Waals surface area contributed by atoms with E-state index in [1.165, 1.54) is 4.90 Å². The van der Waals surface area contributed by atoms with Crippen LogP contribution in [0.2, 0.25) is 0 Å². The van der Waals surface area contributed by atoms with E-state index in [2.05, 4.69) is 0 Å². The number of hydrogen-bond donors (Lipinski definition) is 1. The summed E-state index contributed by atoms with van der Waals surface area (Å²) in [4.78, 5) is 38.5. The summed E-state index contributed by atoms with van der Waals surface area (Å²) >= 11 is 0. The highest BCUT2D eigenvalue weighted by Gasteiger charge is 2.43. The zero-order chi connectivity index (χ0) is 15.6. The molecule has 7 nitrogen and oxygen atoms in total. The van der Waals surface area contributed by atoms with E-state index in [9.17, 15) is 14.4 Å². The molecule has 7 heteroatoms. The van der Waals surface area contributed by atoms with Crippen LogP contribution in [-0.2, 0) is 14.3 Å². The van der Waals surface area contributed by atoms with E-state index in [-0.39, 0.29) is 31.3 Å². The van der Waals surface area contributed by atoms with Gasteiger partial charge in [0.2, 0.25) is 0 Å². The Morgan fingerprint density at radius 1 is 1.29 bits per heavy atom. The Morgan fingerprint density at radius 3 is 2.43 bits per heavy atom. The summed E-state index contributed by atoms with van der Waals surface area (Å²) in [6, 6.07) is -0.516. The van der Waals surface area contributed by atoms with Gasteiger partial charge < -0.3 is 19.6 Å². The molecule has 0 aromatic carbocycles. The smallest absolute Gasteiger partial charge is 0.325 e. The molecule has 2 amide bonds. The van der Waals surface area contributed by atoms with E-state index >= 15 is 0 Å². The molecule has 1 aliphatic heterocycles. The average molecular weight is 298 g/mol. The first-order chi connectivity index (χ1) is 9.95. The number of carbonyl (C=O) groups is 3. The van der Waals surface area contributed by atoms with Crippen molar-refractivity contribution in [3.05, 3.63) is 0 Å². The molecule has 2 unspecified atom stereocenters. The Hall–Kier alpha value is -1.79. The van der Waals surface area contributed by atoms with Gasteiger partial charge in [-0.3, -0.25) is 9.59 Å². The van der Waals surface area contributed by atoms with Crippen LogP contribution in [-0.4, -0.2) is 64.7 Å². The molecule has 1 saturated heterocycles. The SMILES string of the molecule is CCOC(=O)CN(C(=O)N1CCC(C(=O)O)C1C)C1CC1. The van der Waals surface area contributed by atoms with E-state index in [0.29, 0.717) is 13.0 Å². The van der Waals surface area contributed by atoms with E-state index < -0.39 is 17.9 Å². The zero-order valence-corrected chi connectivity index (χ0v) is 12.4. The van der Waals surface area contributed by atoms with Gasteiger partial charge in [0.15, 0.2) is 0 Å². The van der Waals surface area contributed by atoms with E-state index in [4.69, 9.17) is 9.84 Å². The maximum absolute atomic E-state index is 12.6. The van der Waals surface area contributed by atoms with Gasteiger partial charge in [-0.25, -0.2) is 4.79 Å². The predicted molar refractivity (Wildman–Crippen MR) is 73.7 cm³/mol. The van der Waals surface area contributed by atoms with Gasteiger partial charge in [0, 0.05) is 18.6 Å². The number of carbonyl (C=O) groups excluding carboxylic acids is 2. The third kappa shape index (κ3) is 3.46. The molecule has 0 bridgehead atoms. The molecule has 1 heterocycles. The second-order valence-electron chi connectivity index (χ2n) is 5.61. The van der Waals surface area contributed by atoms with Gasteiger partial charge in [-0.2, -0.15) is 0 Å². The summed E-state index contributed by atoms with van der Waals surface area (Å²) in [5, 5.41) is 9.13. The van der Waals surface area contributed by atoms with Gasteiger partial charge in [0.25, 0.3) is 0 Å². The lowest BCUT2D eigenvalue weighted by Gasteiger charge is -2.30. The minimum absolute atomic E-state index is 0.0572. The molecule has 0 spiro atoms. The van der Waals surface area contributed by atoms with Crippen LogP contribution >= 0.6 is 0 Å². The number of esters is 1. The van der Waals surface area contributed by atoms with Crippen LogP contribution in [0.25, 0.3) is 0 Å². The molecule has 21 heavy (non-hydrogen) atoms. The second-order valence-corrected chi connectivity index (χ2v) is 5.61. The molecule has 2 aliphatic rings. The summed E-state index contributed by atoms with van der Waals surface area (Å²) in [6.07, 6.45) is 2.23. The molecule has 118 valence electrons. The van der Waals surface area contributed by atoms with Crippen molar-refractivity contribution in [3.8, 4) is 0 Å². The minimum Gasteiger partial charge on any atom is -0.481 e. The molecule has 2 fully saturated rings. The normalized spacial score (nSPS) is 24.8. The molecule has 0 aromatic heterocycles. The van der Waals surface area contributed by atoms with Crippen molar-refractivity contribution in [2.45, 2.75) is 45.2 Å². The highest BCUT2D eigenvalue weighted by Crippen LogP contribution is 2.31. The lowest BCUT2D eigenvalue weighted by molar-refractivity contribution is -0.144. The van der Waals surface area contributed by atoms with Crippen molar-refractivity contribution < 1.29 is 24.2 Å². The number of carboxylic acids is 1. The summed E-state index contributed by atoms with van der Waals surface area (Å²) in [6.45, 7) is 4.12. The molecular formula is C14H22N2O5. The van der Waals surface area contributed by atoms with Crippen LogP contribution in [0, 0.1) is 5.92 Å². The van der Waals surface area contributed by atoms with Crippen molar-refractivity contribution in [3.63, 3.8) is 0 Å². The zero-order valence-electron chi connectivity index (χ0n) is 12.4. The maximum Gasteiger partial charge on any atom is 0.325 e. The Morgan fingerprint density at radius 2 is 1.95 bits per heavy atom. The monoisotopic (exact) mass is 298 g/mol. The van der Waals surface area contributed by atoms with Gasteiger partial charge in [0.1, 0.15) is 6.54 Å². The van der Waals surface area contributed by atoms with Crippen LogP contribution < -0.4 is 0 Å². The number of rotatable bonds is 5. The second kappa shape index (κ2) is 6.32. The van der Waals surface area contributed by atoms with Crippen LogP contribution in [0.1, 0.15) is 33.1 Å². The molecular weight excluding hydrogens is 276 g/mol. The van der Waals surface area contributed by atoms with E-state index in [1.54, 1.807) is 18.7 Å². The Bertz CT molecular complexity index is 435. The number of likely N-dealkylation sites (tertiary alicyclic amines) is 1. The first-order valence-corrected chi connectivity index (χ1v) is 7.41. The molecule has 1 aliphatic carbocycles. The van der Waals surface area contributed by atoms with Crippen LogP contribution in [0.3, 0.4) is 0 Å². The third-order valence-corrected chi connectivity index (χ3v) is 4.16. The van der Waals surface area contributed by atoms with Crippen molar-refractivity contribution >= 4 is 18.0 Å². The predicted octanol–water partition coefficient (Wildman–Crippen LogP) is 0.929. The summed E-state index contributed by atoms with van der Waals surface area (Å²) in [5.74, 6) is -1.82. The van der Waals surface area contributed by atoms with Crippen molar-refractivity contribution in [2.24, 2.45) is 5.92 Å². The highest BCUT2D eigenvalue weighted by molar-refractivity contribution is 5.83. The highest BCUT2D eigenvalue weighted by atomic mass is 16.5. The first-order valence-electron chi connectivity index (χ1n) is 7.41. The summed E-state index contributed by atoms with van der Waals surface area (Å²) < 4.78 is 4.90. The standard InChI is InChI=1S/C14H22N2O5/c1-3-21-12(17)8-16(10-4-5-10)14(20)15-7-6-11(9(15)2)13(18)19/h9-11H,3-8H2,1-2H3,(H,18,19). The lowest BCUT2D eigenvalue weighted by Crippen LogP contribution is -2.49. The van der Waals surface area contributed by atoms with Gasteiger partial charge in [-0.05, 0) is 33.1 Å². The molecule has 0 radical (unpaired) electrons. The summed E-state index contributed by atoms with van der Waals surface area (Å²) in [7, 11) is 0. The van der Waals surface area contributed by atoms with Crippen molar-refractivity contribution in [1.82, 2.24) is 9.80 Å². The molecule has 1 saturated carbocycles. The summed E-state index contributed by atoms with van der Waals surface area (Å²) in [5.41, 5.74) is 0. The number of amides is 2. The van der Waals surface area contributed by atoms with Gasteiger partial charge in [-0.1, -0.05) is 0 Å². The average Bonchev–Trinajstić information content (AvgIpc) is 3.18. The number of carboxylic acid groups (broad SMARTS) is 1. The van der Waals surface area contributed by atoms with Crippen LogP contribution in [0.4, 0.5) is 4.79 Å². The fourth-order valence-corrected chi connectivity index (χ4v) is 2.79. The molecule has 0 aromatic rings. The number of hydrogen-bond acceptors (Lipinski definition) is 4. The fourth-order valence-electron chi connectivity index (χ4n) is 2.79. The van der Waals surface area contributed by atoms with Gasteiger partial charge in [0.05, 0.1) is 12.5 Å².